The van der Waals surface area contributed by atoms with Crippen molar-refractivity contribution < 1.29 is 13.9 Å². The van der Waals surface area contributed by atoms with Crippen molar-refractivity contribution in [3.05, 3.63) is 16.4 Å². The van der Waals surface area contributed by atoms with Crippen molar-refractivity contribution >= 4 is 21.9 Å². The number of halogens is 2. The van der Waals surface area contributed by atoms with Crippen LogP contribution in [0.25, 0.3) is 0 Å². The number of H-pyrrole nitrogens is 1. The van der Waals surface area contributed by atoms with Gasteiger partial charge in [0.25, 0.3) is 6.08 Å². The van der Waals surface area contributed by atoms with Crippen LogP contribution in [-0.4, -0.2) is 23.0 Å². The molecule has 0 aliphatic carbocycles. The highest BCUT2D eigenvalue weighted by molar-refractivity contribution is 9.10. The zero-order valence-electron chi connectivity index (χ0n) is 5.52. The van der Waals surface area contributed by atoms with E-state index >= 15 is 0 Å². The number of carbonyl (C=O) groups is 1. The van der Waals surface area contributed by atoms with Crippen LogP contribution >= 0.6 is 15.9 Å². The summed E-state index contributed by atoms with van der Waals surface area (Å²) in [5, 5.41) is 0. The first-order valence-electron chi connectivity index (χ1n) is 2.64. The van der Waals surface area contributed by atoms with Crippen molar-refractivity contribution in [3.63, 3.8) is 0 Å². The molecule has 1 rings (SSSR count). The molecular weight excluding hydrogens is 219 g/mol. The molecule has 4 nitrogen and oxygen atoms in total. The number of carbonyl (C=O) groups excluding carboxylic acids is 1. The van der Waals surface area contributed by atoms with E-state index in [-0.39, 0.29) is 10.3 Å². The van der Waals surface area contributed by atoms with E-state index in [1.807, 2.05) is 0 Å². The van der Waals surface area contributed by atoms with Crippen molar-refractivity contribution in [2.45, 2.75) is 0 Å². The molecular formula is C5H4BrFN2O2. The Kier molecular flexibility index (Phi) is 2.23. The molecule has 1 heterocycles. The minimum absolute atomic E-state index is 0.0926. The maximum atomic E-state index is 12.3. The lowest BCUT2D eigenvalue weighted by molar-refractivity contribution is 0.0593. The molecule has 60 valence electrons. The molecule has 0 atom stereocenters. The molecule has 1 aromatic rings. The highest BCUT2D eigenvalue weighted by Crippen LogP contribution is 2.13. The summed E-state index contributed by atoms with van der Waals surface area (Å²) in [7, 11) is 1.20. The standard InChI is InChI=1S/C5H4BrFN2O2/c1-11-4(10)2-3(6)9-5(7)8-2/h1H3,(H,8,9). The Labute approximate surface area is 69.9 Å². The Morgan fingerprint density at radius 3 is 2.82 bits per heavy atom. The number of hydrogen-bond acceptors (Lipinski definition) is 3. The van der Waals surface area contributed by atoms with Crippen LogP contribution in [0.15, 0.2) is 4.60 Å². The molecule has 0 amide bonds. The van der Waals surface area contributed by atoms with Gasteiger partial charge in [0, 0.05) is 0 Å². The van der Waals surface area contributed by atoms with Gasteiger partial charge in [0.1, 0.15) is 4.60 Å². The summed E-state index contributed by atoms with van der Waals surface area (Å²) in [5.74, 6) is -0.683. The first kappa shape index (κ1) is 8.19. The van der Waals surface area contributed by atoms with Crippen molar-refractivity contribution in [1.29, 1.82) is 0 Å². The fourth-order valence-corrected chi connectivity index (χ4v) is 0.971. The van der Waals surface area contributed by atoms with Crippen molar-refractivity contribution in [2.24, 2.45) is 0 Å². The van der Waals surface area contributed by atoms with Gasteiger partial charge in [-0.1, -0.05) is 0 Å². The number of aromatic amines is 1. The fraction of sp³-hybridized carbons (Fsp3) is 0.200. The number of methoxy groups -OCH3 is 1. The highest BCUT2D eigenvalue weighted by atomic mass is 79.9. The molecule has 0 fully saturated rings. The van der Waals surface area contributed by atoms with E-state index < -0.39 is 12.0 Å². The predicted molar refractivity (Wildman–Crippen MR) is 37.6 cm³/mol. The van der Waals surface area contributed by atoms with E-state index in [1.54, 1.807) is 0 Å². The molecule has 0 unspecified atom stereocenters. The van der Waals surface area contributed by atoms with Gasteiger partial charge in [-0.25, -0.2) is 4.79 Å². The van der Waals surface area contributed by atoms with Crippen molar-refractivity contribution in [2.75, 3.05) is 7.11 Å². The third-order valence-electron chi connectivity index (χ3n) is 1.01. The smallest absolute Gasteiger partial charge is 0.359 e. The second-order valence-corrected chi connectivity index (χ2v) is 2.47. The van der Waals surface area contributed by atoms with Gasteiger partial charge in [0.05, 0.1) is 7.11 Å². The number of rotatable bonds is 1. The van der Waals surface area contributed by atoms with Crippen LogP contribution in [0.4, 0.5) is 4.39 Å². The molecule has 0 saturated heterocycles. The molecule has 0 saturated carbocycles. The first-order chi connectivity index (χ1) is 5.15. The van der Waals surface area contributed by atoms with Crippen LogP contribution in [0.5, 0.6) is 0 Å². The summed E-state index contributed by atoms with van der Waals surface area (Å²) in [6.07, 6.45) is -0.822. The Balaban J connectivity index is 3.03. The van der Waals surface area contributed by atoms with E-state index in [0.717, 1.165) is 0 Å². The lowest BCUT2D eigenvalue weighted by Crippen LogP contribution is -2.02. The topological polar surface area (TPSA) is 55.0 Å². The van der Waals surface area contributed by atoms with Gasteiger partial charge in [0.2, 0.25) is 0 Å². The maximum Gasteiger partial charge on any atom is 0.359 e. The largest absolute Gasteiger partial charge is 0.464 e. The molecule has 0 spiro atoms. The van der Waals surface area contributed by atoms with Crippen molar-refractivity contribution in [3.8, 4) is 0 Å². The van der Waals surface area contributed by atoms with Gasteiger partial charge in [-0.2, -0.15) is 9.37 Å². The fourth-order valence-electron chi connectivity index (χ4n) is 0.557. The molecule has 1 N–H and O–H groups in total. The van der Waals surface area contributed by atoms with Gasteiger partial charge in [-0.3, -0.25) is 0 Å². The van der Waals surface area contributed by atoms with E-state index in [4.69, 9.17) is 0 Å². The van der Waals surface area contributed by atoms with Crippen LogP contribution < -0.4 is 0 Å². The second kappa shape index (κ2) is 3.00. The summed E-state index contributed by atoms with van der Waals surface area (Å²) in [4.78, 5) is 16.1. The summed E-state index contributed by atoms with van der Waals surface area (Å²) in [5.41, 5.74) is -0.0926. The quantitative estimate of drug-likeness (QED) is 0.725. The minimum atomic E-state index is -0.822. The summed E-state index contributed by atoms with van der Waals surface area (Å²) in [6.45, 7) is 0. The van der Waals surface area contributed by atoms with Crippen LogP contribution in [0.3, 0.4) is 0 Å². The van der Waals surface area contributed by atoms with Crippen LogP contribution in [0.1, 0.15) is 10.5 Å². The Hall–Kier alpha value is -0.910. The Morgan fingerprint density at radius 1 is 1.82 bits per heavy atom. The van der Waals surface area contributed by atoms with E-state index in [9.17, 15) is 9.18 Å². The van der Waals surface area contributed by atoms with Crippen LogP contribution in [0.2, 0.25) is 0 Å². The number of aromatic nitrogens is 2. The van der Waals surface area contributed by atoms with Gasteiger partial charge in [-0.15, -0.1) is 0 Å². The molecule has 0 bridgehead atoms. The van der Waals surface area contributed by atoms with Crippen molar-refractivity contribution in [1.82, 2.24) is 9.97 Å². The van der Waals surface area contributed by atoms with Crippen LogP contribution in [-0.2, 0) is 4.74 Å². The predicted octanol–water partition coefficient (Wildman–Crippen LogP) is 1.10. The maximum absolute atomic E-state index is 12.3. The number of nitrogens with zero attached hydrogens (tertiary/aromatic N) is 1. The van der Waals surface area contributed by atoms with E-state index in [0.29, 0.717) is 0 Å². The number of hydrogen-bond donors (Lipinski definition) is 1. The lowest BCUT2D eigenvalue weighted by Gasteiger charge is -1.91. The Morgan fingerprint density at radius 2 is 2.45 bits per heavy atom. The molecule has 0 aliphatic heterocycles. The number of nitrogens with one attached hydrogen (secondary N) is 1. The summed E-state index contributed by atoms with van der Waals surface area (Å²) >= 11 is 2.90. The normalized spacial score (nSPS) is 9.73. The highest BCUT2D eigenvalue weighted by Gasteiger charge is 2.15. The number of ether oxygens (including phenoxy) is 1. The SMILES string of the molecule is COC(=O)c1nc(F)[nH]c1Br. The summed E-state index contributed by atoms with van der Waals surface area (Å²) < 4.78 is 16.8. The third kappa shape index (κ3) is 1.56. The monoisotopic (exact) mass is 222 g/mol. The zero-order chi connectivity index (χ0) is 8.43. The van der Waals surface area contributed by atoms with E-state index in [2.05, 4.69) is 30.6 Å². The number of esters is 1. The Bertz CT molecular complexity index is 286. The molecule has 1 aromatic heterocycles. The third-order valence-corrected chi connectivity index (χ3v) is 1.58. The number of imidazole rings is 1. The average molecular weight is 223 g/mol. The first-order valence-corrected chi connectivity index (χ1v) is 3.43. The lowest BCUT2D eigenvalue weighted by atomic mass is 10.5. The minimum Gasteiger partial charge on any atom is -0.464 e. The van der Waals surface area contributed by atoms with Gasteiger partial charge in [0.15, 0.2) is 5.69 Å². The summed E-state index contributed by atoms with van der Waals surface area (Å²) in [6, 6.07) is 0. The average Bonchev–Trinajstić information content (AvgIpc) is 2.28. The van der Waals surface area contributed by atoms with E-state index in [1.165, 1.54) is 7.11 Å². The molecule has 6 heteroatoms. The van der Waals surface area contributed by atoms with Gasteiger partial charge >= 0.3 is 5.97 Å². The van der Waals surface area contributed by atoms with Crippen LogP contribution in [0, 0.1) is 6.08 Å². The van der Waals surface area contributed by atoms with Gasteiger partial charge in [-0.05, 0) is 15.9 Å². The molecule has 11 heavy (non-hydrogen) atoms. The zero-order valence-corrected chi connectivity index (χ0v) is 7.11. The molecule has 0 radical (unpaired) electrons. The second-order valence-electron chi connectivity index (χ2n) is 1.68. The van der Waals surface area contributed by atoms with Gasteiger partial charge < -0.3 is 9.72 Å². The molecule has 0 aliphatic rings. The molecule has 0 aromatic carbocycles.